The van der Waals surface area contributed by atoms with Gasteiger partial charge >= 0.3 is 0 Å². The van der Waals surface area contributed by atoms with Crippen molar-refractivity contribution in [3.05, 3.63) is 53.3 Å². The van der Waals surface area contributed by atoms with Crippen LogP contribution in [0.25, 0.3) is 5.69 Å². The van der Waals surface area contributed by atoms with E-state index in [1.54, 1.807) is 0 Å². The van der Waals surface area contributed by atoms with E-state index in [1.165, 1.54) is 22.6 Å². The normalized spacial score (nSPS) is 12.7. The van der Waals surface area contributed by atoms with E-state index in [9.17, 15) is 0 Å². The third kappa shape index (κ3) is 2.13. The minimum Gasteiger partial charge on any atom is -0.318 e. The number of aryl methyl sites for hydroxylation is 2. The molecule has 0 aliphatic heterocycles. The fourth-order valence-electron chi connectivity index (χ4n) is 2.26. The van der Waals surface area contributed by atoms with Crippen molar-refractivity contribution in [3.8, 4) is 5.69 Å². The first-order valence-electron chi connectivity index (χ1n) is 6.06. The minimum absolute atomic E-state index is 0.354. The summed E-state index contributed by atoms with van der Waals surface area (Å²) in [5, 5.41) is 3.31. The monoisotopic (exact) mass is 228 g/mol. The lowest BCUT2D eigenvalue weighted by Gasteiger charge is -2.19. The Bertz CT molecular complexity index is 492. The first-order valence-corrected chi connectivity index (χ1v) is 6.06. The van der Waals surface area contributed by atoms with Crippen LogP contribution >= 0.6 is 0 Å². The van der Waals surface area contributed by atoms with E-state index >= 15 is 0 Å². The van der Waals surface area contributed by atoms with Gasteiger partial charge in [-0.3, -0.25) is 0 Å². The summed E-state index contributed by atoms with van der Waals surface area (Å²) in [6.45, 7) is 6.48. The Hall–Kier alpha value is -1.54. The van der Waals surface area contributed by atoms with Gasteiger partial charge in [0, 0.05) is 17.4 Å². The maximum Gasteiger partial charge on any atom is 0.0502 e. The van der Waals surface area contributed by atoms with Gasteiger partial charge in [0.2, 0.25) is 0 Å². The van der Waals surface area contributed by atoms with E-state index in [4.69, 9.17) is 0 Å². The van der Waals surface area contributed by atoms with Crippen molar-refractivity contribution in [1.29, 1.82) is 0 Å². The van der Waals surface area contributed by atoms with Gasteiger partial charge in [0.1, 0.15) is 0 Å². The molecule has 90 valence electrons. The van der Waals surface area contributed by atoms with Gasteiger partial charge in [0.05, 0.1) is 5.69 Å². The van der Waals surface area contributed by atoms with Crippen LogP contribution in [0.1, 0.15) is 29.9 Å². The summed E-state index contributed by atoms with van der Waals surface area (Å²) in [6.07, 6.45) is 0. The second-order valence-electron chi connectivity index (χ2n) is 4.52. The maximum atomic E-state index is 3.31. The highest BCUT2D eigenvalue weighted by atomic mass is 15.0. The molecule has 1 unspecified atom stereocenters. The van der Waals surface area contributed by atoms with E-state index in [0.29, 0.717) is 6.04 Å². The van der Waals surface area contributed by atoms with Crippen molar-refractivity contribution in [2.45, 2.75) is 26.8 Å². The Balaban J connectivity index is 2.60. The topological polar surface area (TPSA) is 17.0 Å². The number of aromatic nitrogens is 1. The van der Waals surface area contributed by atoms with Crippen LogP contribution in [0.4, 0.5) is 0 Å². The molecule has 1 heterocycles. The molecule has 2 aromatic rings. The summed E-state index contributed by atoms with van der Waals surface area (Å²) >= 11 is 0. The molecule has 1 aromatic heterocycles. The molecule has 0 aliphatic carbocycles. The Morgan fingerprint density at radius 2 is 1.59 bits per heavy atom. The van der Waals surface area contributed by atoms with Crippen molar-refractivity contribution >= 4 is 0 Å². The number of rotatable bonds is 3. The number of nitrogens with zero attached hydrogens (tertiary/aromatic N) is 1. The molecule has 0 spiro atoms. The molecule has 1 aromatic carbocycles. The summed E-state index contributed by atoms with van der Waals surface area (Å²) < 4.78 is 2.31. The molecule has 1 atom stereocenters. The predicted molar refractivity (Wildman–Crippen MR) is 72.7 cm³/mol. The molecular formula is C15H20N2. The number of nitrogens with one attached hydrogen (secondary N) is 1. The van der Waals surface area contributed by atoms with Crippen LogP contribution < -0.4 is 5.32 Å². The number of benzene rings is 1. The summed E-state index contributed by atoms with van der Waals surface area (Å²) in [5.41, 5.74) is 5.16. The van der Waals surface area contributed by atoms with Gasteiger partial charge in [-0.2, -0.15) is 0 Å². The van der Waals surface area contributed by atoms with Crippen molar-refractivity contribution in [2.24, 2.45) is 0 Å². The molecule has 0 saturated carbocycles. The molecule has 0 fully saturated rings. The first kappa shape index (κ1) is 11.9. The zero-order valence-corrected chi connectivity index (χ0v) is 11.0. The predicted octanol–water partition coefficient (Wildman–Crippen LogP) is 3.37. The lowest BCUT2D eigenvalue weighted by Crippen LogP contribution is -2.15. The zero-order chi connectivity index (χ0) is 12.4. The van der Waals surface area contributed by atoms with E-state index in [0.717, 1.165) is 0 Å². The lowest BCUT2D eigenvalue weighted by atomic mass is 10.1. The molecule has 0 amide bonds. The number of hydrogen-bond acceptors (Lipinski definition) is 1. The standard InChI is InChI=1S/C15H20N2/c1-11-9-10-12(2)17(11)15-8-6-5-7-14(15)13(3)16-4/h5-10,13,16H,1-4H3. The maximum absolute atomic E-state index is 3.31. The lowest BCUT2D eigenvalue weighted by molar-refractivity contribution is 0.647. The summed E-state index contributed by atoms with van der Waals surface area (Å²) in [6, 6.07) is 13.2. The van der Waals surface area contributed by atoms with E-state index in [-0.39, 0.29) is 0 Å². The van der Waals surface area contributed by atoms with Crippen molar-refractivity contribution in [2.75, 3.05) is 7.05 Å². The van der Waals surface area contributed by atoms with E-state index in [1.807, 2.05) is 7.05 Å². The molecule has 0 radical (unpaired) electrons. The van der Waals surface area contributed by atoms with E-state index in [2.05, 4.69) is 67.1 Å². The molecule has 17 heavy (non-hydrogen) atoms. The fourth-order valence-corrected chi connectivity index (χ4v) is 2.26. The van der Waals surface area contributed by atoms with Crippen LogP contribution in [0.15, 0.2) is 36.4 Å². The number of hydrogen-bond donors (Lipinski definition) is 1. The smallest absolute Gasteiger partial charge is 0.0502 e. The van der Waals surface area contributed by atoms with Gasteiger partial charge in [-0.05, 0) is 51.6 Å². The molecule has 2 heteroatoms. The average molecular weight is 228 g/mol. The second kappa shape index (κ2) is 4.76. The average Bonchev–Trinajstić information content (AvgIpc) is 2.68. The molecule has 0 aliphatic rings. The third-order valence-electron chi connectivity index (χ3n) is 3.35. The Morgan fingerprint density at radius 1 is 1.00 bits per heavy atom. The van der Waals surface area contributed by atoms with Crippen LogP contribution in [0.2, 0.25) is 0 Å². The zero-order valence-electron chi connectivity index (χ0n) is 11.0. The highest BCUT2D eigenvalue weighted by Gasteiger charge is 2.12. The van der Waals surface area contributed by atoms with Crippen molar-refractivity contribution < 1.29 is 0 Å². The van der Waals surface area contributed by atoms with E-state index < -0.39 is 0 Å². The van der Waals surface area contributed by atoms with Crippen LogP contribution in [0.3, 0.4) is 0 Å². The van der Waals surface area contributed by atoms with Gasteiger partial charge < -0.3 is 9.88 Å². The summed E-state index contributed by atoms with van der Waals surface area (Å²) in [4.78, 5) is 0. The minimum atomic E-state index is 0.354. The summed E-state index contributed by atoms with van der Waals surface area (Å²) in [7, 11) is 2.00. The van der Waals surface area contributed by atoms with Crippen LogP contribution in [0, 0.1) is 13.8 Å². The Labute approximate surface area is 103 Å². The quantitative estimate of drug-likeness (QED) is 0.852. The molecule has 0 bridgehead atoms. The molecule has 0 saturated heterocycles. The second-order valence-corrected chi connectivity index (χ2v) is 4.52. The fraction of sp³-hybridized carbons (Fsp3) is 0.333. The van der Waals surface area contributed by atoms with Crippen molar-refractivity contribution in [3.63, 3.8) is 0 Å². The number of para-hydroxylation sites is 1. The molecule has 2 nitrogen and oxygen atoms in total. The largest absolute Gasteiger partial charge is 0.318 e. The van der Waals surface area contributed by atoms with Gasteiger partial charge in [-0.1, -0.05) is 18.2 Å². The van der Waals surface area contributed by atoms with Crippen molar-refractivity contribution in [1.82, 2.24) is 9.88 Å². The first-order chi connectivity index (χ1) is 8.15. The highest BCUT2D eigenvalue weighted by Crippen LogP contribution is 2.24. The molecule has 2 rings (SSSR count). The van der Waals surface area contributed by atoms with Gasteiger partial charge in [-0.25, -0.2) is 0 Å². The van der Waals surface area contributed by atoms with Gasteiger partial charge in [-0.15, -0.1) is 0 Å². The van der Waals surface area contributed by atoms with Gasteiger partial charge in [0.25, 0.3) is 0 Å². The molecular weight excluding hydrogens is 208 g/mol. The summed E-state index contributed by atoms with van der Waals surface area (Å²) in [5.74, 6) is 0. The van der Waals surface area contributed by atoms with Crippen LogP contribution in [0.5, 0.6) is 0 Å². The van der Waals surface area contributed by atoms with Crippen LogP contribution in [-0.2, 0) is 0 Å². The Kier molecular flexibility index (Phi) is 3.34. The molecule has 1 N–H and O–H groups in total. The highest BCUT2D eigenvalue weighted by molar-refractivity contribution is 5.46. The SMILES string of the molecule is CNC(C)c1ccccc1-n1c(C)ccc1C. The Morgan fingerprint density at radius 3 is 2.18 bits per heavy atom. The van der Waals surface area contributed by atoms with Crippen LogP contribution in [-0.4, -0.2) is 11.6 Å². The van der Waals surface area contributed by atoms with Gasteiger partial charge in [0.15, 0.2) is 0 Å². The third-order valence-corrected chi connectivity index (χ3v) is 3.35.